The number of fused-ring (bicyclic) bond motifs is 3. The number of aryl methyl sites for hydroxylation is 1. The maximum absolute atomic E-state index is 13.2. The molecule has 19 heavy (non-hydrogen) atoms. The smallest absolute Gasteiger partial charge is 0.170 e. The van der Waals surface area contributed by atoms with E-state index in [1.54, 1.807) is 24.3 Å². The van der Waals surface area contributed by atoms with Gasteiger partial charge in [-0.2, -0.15) is 13.2 Å². The first-order valence-electron chi connectivity index (χ1n) is 6.22. The topological polar surface area (TPSA) is 0 Å². The zero-order valence-electron chi connectivity index (χ0n) is 10.5. The van der Waals surface area contributed by atoms with Crippen molar-refractivity contribution in [2.45, 2.75) is 25.4 Å². The molecule has 2 aromatic carbocycles. The summed E-state index contributed by atoms with van der Waals surface area (Å²) in [6.45, 7) is 1.90. The quantitative estimate of drug-likeness (QED) is 0.635. The van der Waals surface area contributed by atoms with Gasteiger partial charge in [0.15, 0.2) is 0 Å². The van der Waals surface area contributed by atoms with Crippen molar-refractivity contribution in [3.63, 3.8) is 0 Å². The third kappa shape index (κ3) is 2.03. The van der Waals surface area contributed by atoms with Gasteiger partial charge in [0.25, 0.3) is 0 Å². The number of benzene rings is 2. The Bertz CT molecular complexity index is 626. The minimum Gasteiger partial charge on any atom is -0.170 e. The summed E-state index contributed by atoms with van der Waals surface area (Å²) in [6, 6.07) is 12.6. The summed E-state index contributed by atoms with van der Waals surface area (Å²) in [7, 11) is 0. The molecule has 1 atom stereocenters. The Kier molecular flexibility index (Phi) is 2.66. The average molecular weight is 262 g/mol. The maximum Gasteiger partial charge on any atom is 0.396 e. The van der Waals surface area contributed by atoms with Crippen LogP contribution < -0.4 is 0 Å². The van der Waals surface area contributed by atoms with E-state index in [1.165, 1.54) is 0 Å². The van der Waals surface area contributed by atoms with E-state index in [-0.39, 0.29) is 6.42 Å². The summed E-state index contributed by atoms with van der Waals surface area (Å²) >= 11 is 0. The van der Waals surface area contributed by atoms with Crippen LogP contribution >= 0.6 is 0 Å². The second-order valence-corrected chi connectivity index (χ2v) is 5.05. The van der Waals surface area contributed by atoms with Crippen LogP contribution in [0.1, 0.15) is 22.6 Å². The third-order valence-corrected chi connectivity index (χ3v) is 3.71. The molecule has 0 heterocycles. The van der Waals surface area contributed by atoms with Crippen LogP contribution in [0.25, 0.3) is 11.1 Å². The molecule has 0 aliphatic heterocycles. The number of rotatable bonds is 0. The van der Waals surface area contributed by atoms with Crippen LogP contribution in [0.4, 0.5) is 13.2 Å². The van der Waals surface area contributed by atoms with E-state index < -0.39 is 12.1 Å². The van der Waals surface area contributed by atoms with Gasteiger partial charge in [0, 0.05) is 0 Å². The van der Waals surface area contributed by atoms with Gasteiger partial charge >= 0.3 is 6.18 Å². The normalized spacial score (nSPS) is 17.8. The SMILES string of the molecule is Cc1ccc2c(c1)-c1ccccc1CC2C(F)(F)F. The molecule has 0 N–H and O–H groups in total. The highest BCUT2D eigenvalue weighted by Crippen LogP contribution is 2.46. The van der Waals surface area contributed by atoms with Crippen LogP contribution in [0.15, 0.2) is 42.5 Å². The number of hydrogen-bond donors (Lipinski definition) is 0. The molecule has 1 unspecified atom stereocenters. The van der Waals surface area contributed by atoms with Gasteiger partial charge in [0.05, 0.1) is 5.92 Å². The molecule has 0 aromatic heterocycles. The minimum absolute atomic E-state index is 0.0374. The Hall–Kier alpha value is -1.77. The molecule has 1 aliphatic rings. The molecule has 0 fully saturated rings. The van der Waals surface area contributed by atoms with E-state index in [4.69, 9.17) is 0 Å². The van der Waals surface area contributed by atoms with E-state index >= 15 is 0 Å². The number of hydrogen-bond acceptors (Lipinski definition) is 0. The average Bonchev–Trinajstić information content (AvgIpc) is 2.36. The van der Waals surface area contributed by atoms with Crippen molar-refractivity contribution < 1.29 is 13.2 Å². The molecule has 98 valence electrons. The van der Waals surface area contributed by atoms with Gasteiger partial charge in [-0.05, 0) is 35.6 Å². The number of halogens is 3. The van der Waals surface area contributed by atoms with Crippen molar-refractivity contribution in [2.24, 2.45) is 0 Å². The molecule has 2 aromatic rings. The zero-order valence-corrected chi connectivity index (χ0v) is 10.5. The Morgan fingerprint density at radius 2 is 1.74 bits per heavy atom. The summed E-state index contributed by atoms with van der Waals surface area (Å²) < 4.78 is 39.6. The van der Waals surface area contributed by atoms with Crippen LogP contribution in [0, 0.1) is 6.92 Å². The van der Waals surface area contributed by atoms with Crippen LogP contribution in [-0.4, -0.2) is 6.18 Å². The molecule has 3 heteroatoms. The van der Waals surface area contributed by atoms with Gasteiger partial charge in [-0.3, -0.25) is 0 Å². The van der Waals surface area contributed by atoms with E-state index in [9.17, 15) is 13.2 Å². The van der Waals surface area contributed by atoms with Crippen molar-refractivity contribution in [1.82, 2.24) is 0 Å². The third-order valence-electron chi connectivity index (χ3n) is 3.71. The van der Waals surface area contributed by atoms with Gasteiger partial charge < -0.3 is 0 Å². The largest absolute Gasteiger partial charge is 0.396 e. The lowest BCUT2D eigenvalue weighted by Gasteiger charge is -2.29. The van der Waals surface area contributed by atoms with E-state index in [0.717, 1.165) is 22.3 Å². The van der Waals surface area contributed by atoms with Gasteiger partial charge in [-0.1, -0.05) is 48.0 Å². The summed E-state index contributed by atoms with van der Waals surface area (Å²) in [5.74, 6) is -1.39. The molecular weight excluding hydrogens is 249 g/mol. The van der Waals surface area contributed by atoms with Crippen LogP contribution in [0.2, 0.25) is 0 Å². The molecule has 0 bridgehead atoms. The van der Waals surface area contributed by atoms with Crippen molar-refractivity contribution in [3.8, 4) is 11.1 Å². The molecule has 0 amide bonds. The molecule has 0 saturated carbocycles. The van der Waals surface area contributed by atoms with Crippen molar-refractivity contribution >= 4 is 0 Å². The fraction of sp³-hybridized carbons (Fsp3) is 0.250. The summed E-state index contributed by atoms with van der Waals surface area (Å²) in [4.78, 5) is 0. The monoisotopic (exact) mass is 262 g/mol. The minimum atomic E-state index is -4.20. The maximum atomic E-state index is 13.2. The Morgan fingerprint density at radius 1 is 1.00 bits per heavy atom. The zero-order chi connectivity index (χ0) is 13.6. The standard InChI is InChI=1S/C16H13F3/c1-10-6-7-13-14(8-10)12-5-3-2-4-11(12)9-15(13)16(17,18)19/h2-8,15H,9H2,1H3. The van der Waals surface area contributed by atoms with Crippen molar-refractivity contribution in [1.29, 1.82) is 0 Å². The van der Waals surface area contributed by atoms with Crippen molar-refractivity contribution in [2.75, 3.05) is 0 Å². The Labute approximate surface area is 109 Å². The highest BCUT2D eigenvalue weighted by Gasteiger charge is 2.43. The highest BCUT2D eigenvalue weighted by molar-refractivity contribution is 5.74. The van der Waals surface area contributed by atoms with Gasteiger partial charge in [-0.25, -0.2) is 0 Å². The van der Waals surface area contributed by atoms with Gasteiger partial charge in [0.2, 0.25) is 0 Å². The lowest BCUT2D eigenvalue weighted by atomic mass is 9.78. The summed E-state index contributed by atoms with van der Waals surface area (Å²) in [6.07, 6.45) is -4.16. The lowest BCUT2D eigenvalue weighted by Crippen LogP contribution is -2.26. The van der Waals surface area contributed by atoms with Crippen LogP contribution in [-0.2, 0) is 6.42 Å². The highest BCUT2D eigenvalue weighted by atomic mass is 19.4. The Morgan fingerprint density at radius 3 is 2.47 bits per heavy atom. The predicted molar refractivity (Wildman–Crippen MR) is 69.1 cm³/mol. The van der Waals surface area contributed by atoms with Crippen molar-refractivity contribution in [3.05, 3.63) is 59.2 Å². The lowest BCUT2D eigenvalue weighted by molar-refractivity contribution is -0.150. The van der Waals surface area contributed by atoms with E-state index in [2.05, 4.69) is 0 Å². The summed E-state index contributed by atoms with van der Waals surface area (Å²) in [5, 5.41) is 0. The second kappa shape index (κ2) is 4.12. The van der Waals surface area contributed by atoms with E-state index in [0.29, 0.717) is 5.56 Å². The molecule has 0 radical (unpaired) electrons. The molecule has 0 nitrogen and oxygen atoms in total. The van der Waals surface area contributed by atoms with Crippen LogP contribution in [0.5, 0.6) is 0 Å². The first kappa shape index (κ1) is 12.3. The van der Waals surface area contributed by atoms with Gasteiger partial charge in [-0.15, -0.1) is 0 Å². The summed E-state index contributed by atoms with van der Waals surface area (Å²) in [5.41, 5.74) is 3.82. The van der Waals surface area contributed by atoms with E-state index in [1.807, 2.05) is 25.1 Å². The molecule has 0 spiro atoms. The molecule has 0 saturated heterocycles. The molecule has 1 aliphatic carbocycles. The first-order chi connectivity index (χ1) is 8.97. The second-order valence-electron chi connectivity index (χ2n) is 5.05. The van der Waals surface area contributed by atoms with Crippen LogP contribution in [0.3, 0.4) is 0 Å². The molecular formula is C16H13F3. The Balaban J connectivity index is 2.26. The molecule has 3 rings (SSSR count). The predicted octanol–water partition coefficient (Wildman–Crippen LogP) is 4.86. The fourth-order valence-corrected chi connectivity index (χ4v) is 2.79. The van der Waals surface area contributed by atoms with Gasteiger partial charge in [0.1, 0.15) is 0 Å². The first-order valence-corrected chi connectivity index (χ1v) is 6.22. The fourth-order valence-electron chi connectivity index (χ4n) is 2.79. The number of alkyl halides is 3.